The van der Waals surface area contributed by atoms with Gasteiger partial charge in [0.05, 0.1) is 0 Å². The molecule has 0 aliphatic carbocycles. The Balaban J connectivity index is 4.83. The summed E-state index contributed by atoms with van der Waals surface area (Å²) in [7, 11) is 1.31. The Morgan fingerprint density at radius 3 is 1.76 bits per heavy atom. The molecule has 0 aromatic rings. The van der Waals surface area contributed by atoms with Crippen molar-refractivity contribution in [3.05, 3.63) is 0 Å². The van der Waals surface area contributed by atoms with Crippen LogP contribution in [0.2, 0.25) is 0 Å². The predicted molar refractivity (Wildman–Crippen MR) is 49.2 cm³/mol. The van der Waals surface area contributed by atoms with Gasteiger partial charge in [0, 0.05) is 19.8 Å². The average molecular weight is 267 g/mol. The van der Waals surface area contributed by atoms with Gasteiger partial charge in [0.25, 0.3) is 0 Å². The van der Waals surface area contributed by atoms with Gasteiger partial charge in [-0.25, -0.2) is 0 Å². The number of hydrogen-bond donors (Lipinski definition) is 1. The highest BCUT2D eigenvalue weighted by molar-refractivity contribution is 4.87. The lowest BCUT2D eigenvalue weighted by molar-refractivity contribution is -0.292. The van der Waals surface area contributed by atoms with E-state index in [1.807, 2.05) is 0 Å². The normalized spacial score (nSPS) is 17.3. The molecule has 0 bridgehead atoms. The molecule has 0 radical (unpaired) electrons. The minimum atomic E-state index is -5.39. The van der Waals surface area contributed by atoms with E-state index in [0.717, 1.165) is 0 Å². The molecule has 2 unspecified atom stereocenters. The van der Waals surface area contributed by atoms with Crippen LogP contribution in [0.25, 0.3) is 0 Å². The summed E-state index contributed by atoms with van der Waals surface area (Å²) in [4.78, 5) is 0. The predicted octanol–water partition coefficient (Wildman–Crippen LogP) is 2.73. The molecule has 0 saturated carbocycles. The van der Waals surface area contributed by atoms with E-state index in [1.165, 1.54) is 14.0 Å². The second kappa shape index (κ2) is 5.90. The van der Waals surface area contributed by atoms with Crippen molar-refractivity contribution in [1.82, 2.24) is 0 Å². The highest BCUT2D eigenvalue weighted by atomic mass is 19.4. The van der Waals surface area contributed by atoms with Gasteiger partial charge in [-0.2, -0.15) is 26.3 Å². The lowest BCUT2D eigenvalue weighted by Gasteiger charge is -2.31. The van der Waals surface area contributed by atoms with Gasteiger partial charge >= 0.3 is 12.4 Å². The molecule has 17 heavy (non-hydrogen) atoms. The monoisotopic (exact) mass is 267 g/mol. The van der Waals surface area contributed by atoms with Gasteiger partial charge in [0.15, 0.2) is 5.92 Å². The second-order valence-electron chi connectivity index (χ2n) is 3.90. The summed E-state index contributed by atoms with van der Waals surface area (Å²) >= 11 is 0. The molecule has 0 heterocycles. The van der Waals surface area contributed by atoms with Crippen molar-refractivity contribution in [2.75, 3.05) is 13.7 Å². The van der Waals surface area contributed by atoms with Crippen molar-refractivity contribution in [3.8, 4) is 0 Å². The van der Waals surface area contributed by atoms with Crippen LogP contribution in [0.5, 0.6) is 0 Å². The van der Waals surface area contributed by atoms with Crippen LogP contribution in [0, 0.1) is 11.8 Å². The largest absolute Gasteiger partial charge is 0.402 e. The van der Waals surface area contributed by atoms with Crippen molar-refractivity contribution in [2.45, 2.75) is 31.7 Å². The number of hydrogen-bond acceptors (Lipinski definition) is 2. The van der Waals surface area contributed by atoms with Crippen LogP contribution in [-0.2, 0) is 4.74 Å². The molecule has 0 amide bonds. The van der Waals surface area contributed by atoms with E-state index < -0.39 is 30.2 Å². The van der Waals surface area contributed by atoms with Gasteiger partial charge in [-0.15, -0.1) is 0 Å². The Kier molecular flexibility index (Phi) is 5.73. The van der Waals surface area contributed by atoms with Crippen LogP contribution < -0.4 is 5.73 Å². The Hall–Kier alpha value is -0.500. The van der Waals surface area contributed by atoms with Crippen LogP contribution in [-0.4, -0.2) is 32.1 Å². The number of ether oxygens (including phenoxy) is 1. The van der Waals surface area contributed by atoms with E-state index in [4.69, 9.17) is 5.73 Å². The van der Waals surface area contributed by atoms with Crippen molar-refractivity contribution in [3.63, 3.8) is 0 Å². The van der Waals surface area contributed by atoms with Gasteiger partial charge in [-0.1, -0.05) is 6.92 Å². The molecule has 0 saturated heterocycles. The quantitative estimate of drug-likeness (QED) is 0.777. The molecule has 2 nitrogen and oxygen atoms in total. The number of nitrogens with two attached hydrogens (primary N) is 1. The Labute approximate surface area is 95.1 Å². The number of halogens is 6. The molecular formula is C9H15F6NO. The standard InChI is InChI=1S/C9H15F6NO/c1-5(3-4-17-2)6(16)7(8(10,11)12)9(13,14)15/h5-7H,3-4,16H2,1-2H3. The van der Waals surface area contributed by atoms with E-state index in [1.54, 1.807) is 0 Å². The van der Waals surface area contributed by atoms with Crippen LogP contribution in [0.15, 0.2) is 0 Å². The van der Waals surface area contributed by atoms with Crippen molar-refractivity contribution in [1.29, 1.82) is 0 Å². The first-order chi connectivity index (χ1) is 7.51. The molecule has 2 N–H and O–H groups in total. The van der Waals surface area contributed by atoms with Crippen molar-refractivity contribution in [2.24, 2.45) is 17.6 Å². The fourth-order valence-electron chi connectivity index (χ4n) is 1.45. The third kappa shape index (κ3) is 5.12. The average Bonchev–Trinajstić information content (AvgIpc) is 2.09. The first kappa shape index (κ1) is 16.5. The van der Waals surface area contributed by atoms with Gasteiger partial charge < -0.3 is 10.5 Å². The smallest absolute Gasteiger partial charge is 0.385 e. The molecule has 0 aromatic carbocycles. The minimum absolute atomic E-state index is 0.0420. The van der Waals surface area contributed by atoms with Crippen molar-refractivity contribution < 1.29 is 31.1 Å². The maximum atomic E-state index is 12.3. The zero-order valence-electron chi connectivity index (χ0n) is 9.40. The zero-order chi connectivity index (χ0) is 13.9. The second-order valence-corrected chi connectivity index (χ2v) is 3.90. The summed E-state index contributed by atoms with van der Waals surface area (Å²) in [6, 6.07) is -2.02. The molecule has 2 atom stereocenters. The maximum Gasteiger partial charge on any atom is 0.402 e. The molecular weight excluding hydrogens is 252 g/mol. The van der Waals surface area contributed by atoms with E-state index in [9.17, 15) is 26.3 Å². The topological polar surface area (TPSA) is 35.2 Å². The highest BCUT2D eigenvalue weighted by Crippen LogP contribution is 2.42. The van der Waals surface area contributed by atoms with Crippen LogP contribution in [0.3, 0.4) is 0 Å². The molecule has 104 valence electrons. The number of rotatable bonds is 5. The van der Waals surface area contributed by atoms with E-state index in [-0.39, 0.29) is 13.0 Å². The first-order valence-electron chi connectivity index (χ1n) is 4.89. The first-order valence-corrected chi connectivity index (χ1v) is 4.89. The third-order valence-corrected chi connectivity index (χ3v) is 2.52. The Bertz CT molecular complexity index is 213. The summed E-state index contributed by atoms with van der Waals surface area (Å²) in [5.74, 6) is -4.44. The van der Waals surface area contributed by atoms with Crippen LogP contribution in [0.1, 0.15) is 13.3 Å². The van der Waals surface area contributed by atoms with Gasteiger partial charge in [0.2, 0.25) is 0 Å². The van der Waals surface area contributed by atoms with Gasteiger partial charge in [0.1, 0.15) is 0 Å². The van der Waals surface area contributed by atoms with E-state index in [2.05, 4.69) is 4.74 Å². The Morgan fingerprint density at radius 1 is 1.06 bits per heavy atom. The van der Waals surface area contributed by atoms with Gasteiger partial charge in [-0.3, -0.25) is 0 Å². The molecule has 8 heteroatoms. The summed E-state index contributed by atoms with van der Waals surface area (Å²) in [5.41, 5.74) is 5.08. The molecule has 0 aromatic heterocycles. The fraction of sp³-hybridized carbons (Fsp3) is 1.00. The maximum absolute atomic E-state index is 12.3. The molecule has 0 rings (SSSR count). The lowest BCUT2D eigenvalue weighted by Crippen LogP contribution is -2.51. The molecule has 0 aliphatic heterocycles. The molecule has 0 aliphatic rings. The molecule has 0 fully saturated rings. The van der Waals surface area contributed by atoms with Crippen molar-refractivity contribution >= 4 is 0 Å². The SMILES string of the molecule is COCCC(C)C(N)C(C(F)(F)F)C(F)(F)F. The summed E-state index contributed by atoms with van der Waals surface area (Å²) in [6.07, 6.45) is -10.7. The minimum Gasteiger partial charge on any atom is -0.385 e. The van der Waals surface area contributed by atoms with Crippen LogP contribution in [0.4, 0.5) is 26.3 Å². The summed E-state index contributed by atoms with van der Waals surface area (Å²) < 4.78 is 78.5. The summed E-state index contributed by atoms with van der Waals surface area (Å²) in [6.45, 7) is 1.31. The fourth-order valence-corrected chi connectivity index (χ4v) is 1.45. The molecule has 0 spiro atoms. The number of alkyl halides is 6. The number of methoxy groups -OCH3 is 1. The van der Waals surface area contributed by atoms with E-state index in [0.29, 0.717) is 0 Å². The highest BCUT2D eigenvalue weighted by Gasteiger charge is 2.60. The lowest BCUT2D eigenvalue weighted by atomic mass is 9.87. The Morgan fingerprint density at radius 2 is 1.47 bits per heavy atom. The summed E-state index contributed by atoms with van der Waals surface area (Å²) in [5, 5.41) is 0. The third-order valence-electron chi connectivity index (χ3n) is 2.52. The zero-order valence-corrected chi connectivity index (χ0v) is 9.40. The van der Waals surface area contributed by atoms with Crippen LogP contribution >= 0.6 is 0 Å². The van der Waals surface area contributed by atoms with E-state index >= 15 is 0 Å². The van der Waals surface area contributed by atoms with Gasteiger partial charge in [-0.05, 0) is 12.3 Å².